The van der Waals surface area contributed by atoms with Gasteiger partial charge in [-0.05, 0) is 104 Å². The normalized spacial score (nSPS) is 23.3. The molecule has 2 heterocycles. The molecule has 0 spiro atoms. The van der Waals surface area contributed by atoms with E-state index in [4.69, 9.17) is 0 Å². The molecule has 4 aliphatic rings. The first kappa shape index (κ1) is 26.2. The summed E-state index contributed by atoms with van der Waals surface area (Å²) < 4.78 is 43.8. The fourth-order valence-corrected chi connectivity index (χ4v) is 7.61. The number of carbonyl (C=O) groups excluding carboxylic acids is 1. The molecule has 2 aromatic carbocycles. The number of Topliss-reactive ketones (excluding diaryl/α,β-unsaturated/α-hetero) is 1. The number of anilines is 1. The number of aliphatic hydroxyl groups is 1. The fourth-order valence-electron chi connectivity index (χ4n) is 7.61. The highest BCUT2D eigenvalue weighted by Gasteiger charge is 2.50. The van der Waals surface area contributed by atoms with Gasteiger partial charge in [0.25, 0.3) is 0 Å². The monoisotopic (exact) mass is 557 g/mol. The van der Waals surface area contributed by atoms with Crippen LogP contribution in [0.25, 0.3) is 22.0 Å². The van der Waals surface area contributed by atoms with Crippen molar-refractivity contribution in [1.82, 2.24) is 0 Å². The largest absolute Gasteiger partial charge is 0.416 e. The smallest absolute Gasteiger partial charge is 0.387 e. The van der Waals surface area contributed by atoms with Crippen LogP contribution in [0.2, 0.25) is 0 Å². The van der Waals surface area contributed by atoms with Crippen LogP contribution in [0, 0.1) is 12.8 Å². The molecular formula is C34H32F3N2O2+. The van der Waals surface area contributed by atoms with Crippen molar-refractivity contribution in [2.75, 3.05) is 11.4 Å². The van der Waals surface area contributed by atoms with Gasteiger partial charge >= 0.3 is 6.18 Å². The van der Waals surface area contributed by atoms with E-state index < -0.39 is 23.8 Å². The molecule has 3 aliphatic carbocycles. The molecule has 2 unspecified atom stereocenters. The third-order valence-electron chi connectivity index (χ3n) is 9.60. The van der Waals surface area contributed by atoms with Crippen molar-refractivity contribution >= 4 is 33.5 Å². The van der Waals surface area contributed by atoms with E-state index in [0.717, 1.165) is 35.4 Å². The molecule has 41 heavy (non-hydrogen) atoms. The SMILES string of the molecule is CCN1C=CC2=C(C3C(=O)/C(=C4\CCc5c(C(F)(F)F)ccc6c5c4cc[n+]6CC)C3O)CCc3c(C)ccc1c32. The van der Waals surface area contributed by atoms with Gasteiger partial charge in [0, 0.05) is 41.7 Å². The Morgan fingerprint density at radius 1 is 1.02 bits per heavy atom. The summed E-state index contributed by atoms with van der Waals surface area (Å²) in [6.45, 7) is 7.62. The lowest BCUT2D eigenvalue weighted by Crippen LogP contribution is -2.47. The maximum Gasteiger partial charge on any atom is 0.416 e. The van der Waals surface area contributed by atoms with Gasteiger partial charge in [0.2, 0.25) is 5.52 Å². The Labute approximate surface area is 237 Å². The lowest BCUT2D eigenvalue weighted by Gasteiger charge is -2.42. The number of nitrogens with zero attached hydrogens (tertiary/aromatic N) is 2. The van der Waals surface area contributed by atoms with Gasteiger partial charge in [0.15, 0.2) is 12.0 Å². The van der Waals surface area contributed by atoms with Crippen molar-refractivity contribution in [1.29, 1.82) is 0 Å². The molecule has 1 aliphatic heterocycles. The summed E-state index contributed by atoms with van der Waals surface area (Å²) in [6, 6.07) is 8.81. The molecule has 0 amide bonds. The minimum absolute atomic E-state index is 0.102. The summed E-state index contributed by atoms with van der Waals surface area (Å²) in [4.78, 5) is 16.1. The Morgan fingerprint density at radius 3 is 2.51 bits per heavy atom. The molecule has 7 heteroatoms. The van der Waals surface area contributed by atoms with Crippen molar-refractivity contribution < 1.29 is 27.6 Å². The summed E-state index contributed by atoms with van der Waals surface area (Å²) in [6.07, 6.45) is 2.54. The van der Waals surface area contributed by atoms with Crippen LogP contribution in [-0.4, -0.2) is 23.5 Å². The zero-order valence-electron chi connectivity index (χ0n) is 23.4. The molecule has 1 fully saturated rings. The van der Waals surface area contributed by atoms with E-state index in [9.17, 15) is 23.1 Å². The first-order valence-corrected chi connectivity index (χ1v) is 14.5. The number of aryl methyl sites for hydroxylation is 3. The number of pyridine rings is 1. The van der Waals surface area contributed by atoms with E-state index in [-0.39, 0.29) is 17.8 Å². The van der Waals surface area contributed by atoms with Gasteiger partial charge in [-0.15, -0.1) is 0 Å². The van der Waals surface area contributed by atoms with E-state index in [0.29, 0.717) is 47.0 Å². The quantitative estimate of drug-likeness (QED) is 0.296. The average Bonchev–Trinajstić information content (AvgIpc) is 2.96. The Bertz CT molecular complexity index is 1760. The number of alkyl halides is 3. The molecule has 1 aromatic heterocycles. The number of benzene rings is 2. The highest BCUT2D eigenvalue weighted by molar-refractivity contribution is 6.16. The molecule has 210 valence electrons. The highest BCUT2D eigenvalue weighted by atomic mass is 19.4. The van der Waals surface area contributed by atoms with E-state index in [1.165, 1.54) is 23.3 Å². The number of hydrogen-bond donors (Lipinski definition) is 1. The van der Waals surface area contributed by atoms with Gasteiger partial charge < -0.3 is 10.0 Å². The maximum atomic E-state index is 14.0. The number of aromatic nitrogens is 1. The van der Waals surface area contributed by atoms with Gasteiger partial charge in [-0.1, -0.05) is 6.07 Å². The Morgan fingerprint density at radius 2 is 1.80 bits per heavy atom. The topological polar surface area (TPSA) is 44.4 Å². The van der Waals surface area contributed by atoms with Crippen LogP contribution >= 0.6 is 0 Å². The number of ketones is 1. The molecule has 7 rings (SSSR count). The van der Waals surface area contributed by atoms with E-state index in [1.54, 1.807) is 0 Å². The summed E-state index contributed by atoms with van der Waals surface area (Å²) in [5.74, 6) is -0.732. The predicted molar refractivity (Wildman–Crippen MR) is 153 cm³/mol. The second kappa shape index (κ2) is 9.15. The Kier molecular flexibility index (Phi) is 5.85. The van der Waals surface area contributed by atoms with Crippen molar-refractivity contribution in [2.24, 2.45) is 5.92 Å². The van der Waals surface area contributed by atoms with Crippen LogP contribution < -0.4 is 9.47 Å². The summed E-state index contributed by atoms with van der Waals surface area (Å²) in [5.41, 5.74) is 8.88. The van der Waals surface area contributed by atoms with Gasteiger partial charge in [-0.25, -0.2) is 0 Å². The van der Waals surface area contributed by atoms with Gasteiger partial charge in [-0.3, -0.25) is 4.79 Å². The number of carbonyl (C=O) groups is 1. The van der Waals surface area contributed by atoms with Crippen molar-refractivity contribution in [3.05, 3.63) is 93.3 Å². The third kappa shape index (κ3) is 3.64. The number of rotatable bonds is 3. The summed E-state index contributed by atoms with van der Waals surface area (Å²) in [7, 11) is 0. The Balaban J connectivity index is 1.36. The average molecular weight is 558 g/mol. The number of aliphatic hydroxyl groups excluding tert-OH is 1. The molecule has 1 saturated carbocycles. The molecule has 0 saturated heterocycles. The maximum absolute atomic E-state index is 14.0. The molecule has 2 atom stereocenters. The van der Waals surface area contributed by atoms with E-state index >= 15 is 0 Å². The minimum Gasteiger partial charge on any atom is -0.387 e. The zero-order chi connectivity index (χ0) is 28.8. The molecule has 0 bridgehead atoms. The molecular weight excluding hydrogens is 525 g/mol. The van der Waals surface area contributed by atoms with E-state index in [2.05, 4.69) is 43.2 Å². The molecule has 4 nitrogen and oxygen atoms in total. The van der Waals surface area contributed by atoms with Gasteiger partial charge in [0.05, 0.1) is 23.0 Å². The van der Waals surface area contributed by atoms with Gasteiger partial charge in [-0.2, -0.15) is 17.7 Å². The standard InChI is InChI=1S/C34H32F3N2O2/c1-4-38-16-14-22-20(8-7-19-18(3)6-12-26(38)28(19)22)30-32(40)31(33(30)41)21-9-10-24-25(34(35,36)37)11-13-27-29(24)23(21)15-17-39(27)5-2/h6,11-17,30,32,40H,4-5,7-10H2,1-3H3/q+1/b31-21+. The van der Waals surface area contributed by atoms with Gasteiger partial charge in [0.1, 0.15) is 6.54 Å². The van der Waals surface area contributed by atoms with Crippen LogP contribution in [0.15, 0.2) is 60.0 Å². The molecule has 1 N–H and O–H groups in total. The van der Waals surface area contributed by atoms with Crippen molar-refractivity contribution in [3.63, 3.8) is 0 Å². The first-order valence-electron chi connectivity index (χ1n) is 14.5. The van der Waals surface area contributed by atoms with Crippen molar-refractivity contribution in [2.45, 2.75) is 65.3 Å². The number of hydrogen-bond acceptors (Lipinski definition) is 3. The van der Waals surface area contributed by atoms with Crippen LogP contribution in [-0.2, 0) is 30.4 Å². The van der Waals surface area contributed by atoms with Crippen molar-refractivity contribution in [3.8, 4) is 0 Å². The predicted octanol–water partition coefficient (Wildman–Crippen LogP) is 6.49. The lowest BCUT2D eigenvalue weighted by molar-refractivity contribution is -0.667. The molecule has 3 aromatic rings. The first-order chi connectivity index (χ1) is 19.7. The number of allylic oxidation sites excluding steroid dienone is 3. The molecule has 0 radical (unpaired) electrons. The second-order valence-corrected chi connectivity index (χ2v) is 11.5. The summed E-state index contributed by atoms with van der Waals surface area (Å²) in [5, 5.41) is 12.1. The second-order valence-electron chi connectivity index (χ2n) is 11.5. The van der Waals surface area contributed by atoms with Crippen LogP contribution in [0.1, 0.15) is 60.1 Å². The summed E-state index contributed by atoms with van der Waals surface area (Å²) >= 11 is 0. The number of halogens is 3. The Hall–Kier alpha value is -3.71. The lowest BCUT2D eigenvalue weighted by atomic mass is 9.63. The van der Waals surface area contributed by atoms with Crippen LogP contribution in [0.5, 0.6) is 0 Å². The van der Waals surface area contributed by atoms with E-state index in [1.807, 2.05) is 23.8 Å². The third-order valence-corrected chi connectivity index (χ3v) is 9.60. The van der Waals surface area contributed by atoms with Crippen LogP contribution in [0.4, 0.5) is 18.9 Å². The fraction of sp³-hybridized carbons (Fsp3) is 0.353. The zero-order valence-corrected chi connectivity index (χ0v) is 23.4. The highest BCUT2D eigenvalue weighted by Crippen LogP contribution is 2.51. The minimum atomic E-state index is -4.46. The van der Waals surface area contributed by atoms with Crippen LogP contribution in [0.3, 0.4) is 0 Å².